The third kappa shape index (κ3) is 2.69. The highest BCUT2D eigenvalue weighted by molar-refractivity contribution is 5.82. The van der Waals surface area contributed by atoms with Crippen molar-refractivity contribution in [3.05, 3.63) is 66.1 Å². The van der Waals surface area contributed by atoms with Gasteiger partial charge in [0.05, 0.1) is 17.1 Å². The van der Waals surface area contributed by atoms with Crippen molar-refractivity contribution in [2.45, 2.75) is 26.4 Å². The van der Waals surface area contributed by atoms with Crippen LogP contribution in [0.4, 0.5) is 0 Å². The summed E-state index contributed by atoms with van der Waals surface area (Å²) in [6.07, 6.45) is 1.99. The van der Waals surface area contributed by atoms with Crippen molar-refractivity contribution < 1.29 is 0 Å². The lowest BCUT2D eigenvalue weighted by Crippen LogP contribution is -2.26. The maximum Gasteiger partial charge on any atom is 0.124 e. The van der Waals surface area contributed by atoms with Crippen LogP contribution in [0.2, 0.25) is 0 Å². The number of rotatable bonds is 5. The van der Waals surface area contributed by atoms with Gasteiger partial charge in [0.15, 0.2) is 0 Å². The van der Waals surface area contributed by atoms with E-state index in [1.807, 2.05) is 24.4 Å². The van der Waals surface area contributed by atoms with E-state index in [4.69, 9.17) is 4.98 Å². The minimum Gasteiger partial charge on any atom is -0.361 e. The van der Waals surface area contributed by atoms with Gasteiger partial charge in [-0.2, -0.15) is 0 Å². The van der Waals surface area contributed by atoms with Crippen LogP contribution in [-0.4, -0.2) is 15.0 Å². The van der Waals surface area contributed by atoms with Crippen LogP contribution in [0.25, 0.3) is 21.9 Å². The first kappa shape index (κ1) is 15.0. The number of para-hydroxylation sites is 2. The standard InChI is InChI=1S/C20H22N4/c1-13(2)19(20-23-17-7-3-4-8-18(17)24-20)22-12-14-6-5-9-16-15(14)10-11-21-16/h3-11,13,19,21-22H,12H2,1-2H3,(H,23,24). The van der Waals surface area contributed by atoms with Crippen molar-refractivity contribution in [3.8, 4) is 0 Å². The van der Waals surface area contributed by atoms with Crippen molar-refractivity contribution in [1.82, 2.24) is 20.3 Å². The largest absolute Gasteiger partial charge is 0.361 e. The highest BCUT2D eigenvalue weighted by atomic mass is 15.0. The Bertz CT molecular complexity index is 931. The van der Waals surface area contributed by atoms with Crippen LogP contribution >= 0.6 is 0 Å². The molecule has 4 rings (SSSR count). The lowest BCUT2D eigenvalue weighted by atomic mass is 10.0. The summed E-state index contributed by atoms with van der Waals surface area (Å²) < 4.78 is 0. The molecule has 122 valence electrons. The molecule has 0 amide bonds. The van der Waals surface area contributed by atoms with Crippen molar-refractivity contribution in [2.75, 3.05) is 0 Å². The monoisotopic (exact) mass is 318 g/mol. The lowest BCUT2D eigenvalue weighted by Gasteiger charge is -2.20. The van der Waals surface area contributed by atoms with Crippen molar-refractivity contribution in [3.63, 3.8) is 0 Å². The third-order valence-electron chi connectivity index (χ3n) is 4.57. The number of benzene rings is 2. The average Bonchev–Trinajstić information content (AvgIpc) is 3.21. The number of aromatic nitrogens is 3. The van der Waals surface area contributed by atoms with Crippen LogP contribution in [-0.2, 0) is 6.54 Å². The van der Waals surface area contributed by atoms with Crippen molar-refractivity contribution in [2.24, 2.45) is 5.92 Å². The van der Waals surface area contributed by atoms with Gasteiger partial charge in [0.2, 0.25) is 0 Å². The molecular formula is C20H22N4. The predicted molar refractivity (Wildman–Crippen MR) is 98.8 cm³/mol. The number of imidazole rings is 1. The van der Waals surface area contributed by atoms with Crippen LogP contribution in [0.3, 0.4) is 0 Å². The van der Waals surface area contributed by atoms with E-state index in [0.717, 1.165) is 23.4 Å². The van der Waals surface area contributed by atoms with Gasteiger partial charge in [-0.25, -0.2) is 4.98 Å². The number of hydrogen-bond donors (Lipinski definition) is 3. The normalized spacial score (nSPS) is 13.1. The Morgan fingerprint density at radius 2 is 1.83 bits per heavy atom. The summed E-state index contributed by atoms with van der Waals surface area (Å²) in [5.41, 5.74) is 4.59. The zero-order chi connectivity index (χ0) is 16.5. The van der Waals surface area contributed by atoms with Crippen molar-refractivity contribution >= 4 is 21.9 Å². The van der Waals surface area contributed by atoms with E-state index < -0.39 is 0 Å². The molecule has 0 spiro atoms. The van der Waals surface area contributed by atoms with Gasteiger partial charge < -0.3 is 15.3 Å². The molecule has 4 nitrogen and oxygen atoms in total. The minimum atomic E-state index is 0.187. The number of hydrogen-bond acceptors (Lipinski definition) is 2. The fraction of sp³-hybridized carbons (Fsp3) is 0.250. The molecular weight excluding hydrogens is 296 g/mol. The van der Waals surface area contributed by atoms with Crippen LogP contribution in [0.5, 0.6) is 0 Å². The van der Waals surface area contributed by atoms with Gasteiger partial charge in [-0.15, -0.1) is 0 Å². The summed E-state index contributed by atoms with van der Waals surface area (Å²) in [6.45, 7) is 5.26. The summed E-state index contributed by atoms with van der Waals surface area (Å²) >= 11 is 0. The second-order valence-corrected chi connectivity index (χ2v) is 6.60. The minimum absolute atomic E-state index is 0.187. The van der Waals surface area contributed by atoms with Gasteiger partial charge in [-0.3, -0.25) is 0 Å². The highest BCUT2D eigenvalue weighted by Gasteiger charge is 2.19. The summed E-state index contributed by atoms with van der Waals surface area (Å²) in [6, 6.07) is 16.9. The molecule has 0 saturated carbocycles. The Kier molecular flexibility index (Phi) is 3.82. The zero-order valence-electron chi connectivity index (χ0n) is 14.0. The molecule has 3 N–H and O–H groups in total. The highest BCUT2D eigenvalue weighted by Crippen LogP contribution is 2.24. The van der Waals surface area contributed by atoms with E-state index >= 15 is 0 Å². The lowest BCUT2D eigenvalue weighted by molar-refractivity contribution is 0.396. The van der Waals surface area contributed by atoms with Gasteiger partial charge in [0.25, 0.3) is 0 Å². The summed E-state index contributed by atoms with van der Waals surface area (Å²) in [4.78, 5) is 11.5. The molecule has 4 heteroatoms. The Labute approximate surface area is 141 Å². The first-order chi connectivity index (χ1) is 11.7. The molecule has 0 aliphatic carbocycles. The van der Waals surface area contributed by atoms with E-state index in [0.29, 0.717) is 5.92 Å². The summed E-state index contributed by atoms with van der Waals surface area (Å²) in [7, 11) is 0. The maximum atomic E-state index is 4.77. The van der Waals surface area contributed by atoms with E-state index in [1.54, 1.807) is 0 Å². The van der Waals surface area contributed by atoms with E-state index in [9.17, 15) is 0 Å². The third-order valence-corrected chi connectivity index (χ3v) is 4.57. The molecule has 0 radical (unpaired) electrons. The smallest absolute Gasteiger partial charge is 0.124 e. The second-order valence-electron chi connectivity index (χ2n) is 6.60. The van der Waals surface area contributed by atoms with Gasteiger partial charge in [0.1, 0.15) is 5.82 Å². The first-order valence-corrected chi connectivity index (χ1v) is 8.45. The second kappa shape index (κ2) is 6.13. The fourth-order valence-electron chi connectivity index (χ4n) is 3.29. The number of nitrogens with one attached hydrogen (secondary N) is 3. The summed E-state index contributed by atoms with van der Waals surface area (Å²) in [5, 5.41) is 4.96. The fourth-order valence-corrected chi connectivity index (χ4v) is 3.29. The Morgan fingerprint density at radius 1 is 1.00 bits per heavy atom. The van der Waals surface area contributed by atoms with Crippen LogP contribution < -0.4 is 5.32 Å². The molecule has 0 saturated heterocycles. The molecule has 1 unspecified atom stereocenters. The summed E-state index contributed by atoms with van der Waals surface area (Å²) in [5.74, 6) is 1.45. The van der Waals surface area contributed by atoms with Crippen molar-refractivity contribution in [1.29, 1.82) is 0 Å². The zero-order valence-corrected chi connectivity index (χ0v) is 14.0. The van der Waals surface area contributed by atoms with E-state index in [1.165, 1.54) is 16.5 Å². The van der Waals surface area contributed by atoms with E-state index in [2.05, 4.69) is 59.5 Å². The van der Waals surface area contributed by atoms with E-state index in [-0.39, 0.29) is 6.04 Å². The van der Waals surface area contributed by atoms with Crippen LogP contribution in [0, 0.1) is 5.92 Å². The molecule has 0 aliphatic heterocycles. The van der Waals surface area contributed by atoms with Gasteiger partial charge >= 0.3 is 0 Å². The molecule has 2 heterocycles. The SMILES string of the molecule is CC(C)C(NCc1cccc2[nH]ccc12)c1nc2ccccc2[nH]1. The molecule has 1 atom stereocenters. The van der Waals surface area contributed by atoms with Gasteiger partial charge in [0, 0.05) is 23.6 Å². The Balaban J connectivity index is 1.61. The molecule has 24 heavy (non-hydrogen) atoms. The quantitative estimate of drug-likeness (QED) is 0.506. The maximum absolute atomic E-state index is 4.77. The molecule has 0 fully saturated rings. The van der Waals surface area contributed by atoms with Gasteiger partial charge in [-0.05, 0) is 35.7 Å². The predicted octanol–water partition coefficient (Wildman–Crippen LogP) is 4.53. The average molecular weight is 318 g/mol. The Hall–Kier alpha value is -2.59. The molecule has 2 aromatic heterocycles. The molecule has 0 bridgehead atoms. The molecule has 2 aromatic carbocycles. The number of aromatic amines is 2. The molecule has 0 aliphatic rings. The number of nitrogens with zero attached hydrogens (tertiary/aromatic N) is 1. The first-order valence-electron chi connectivity index (χ1n) is 8.45. The number of fused-ring (bicyclic) bond motifs is 2. The number of H-pyrrole nitrogens is 2. The Morgan fingerprint density at radius 3 is 2.67 bits per heavy atom. The van der Waals surface area contributed by atoms with Gasteiger partial charge in [-0.1, -0.05) is 38.1 Å². The topological polar surface area (TPSA) is 56.5 Å². The van der Waals surface area contributed by atoms with Crippen LogP contribution in [0.1, 0.15) is 31.3 Å². The molecule has 4 aromatic rings. The van der Waals surface area contributed by atoms with Crippen LogP contribution in [0.15, 0.2) is 54.7 Å².